The summed E-state index contributed by atoms with van der Waals surface area (Å²) in [5.41, 5.74) is -1.30. The molecule has 0 atom stereocenters. The molecule has 5 aromatic rings. The maximum absolute atomic E-state index is 13.8. The van der Waals surface area contributed by atoms with Gasteiger partial charge in [0.25, 0.3) is 16.9 Å². The van der Waals surface area contributed by atoms with Crippen LogP contribution >= 0.6 is 11.8 Å². The number of nitrogens with two attached hydrogens (primary N) is 1. The number of nitrogens with one attached hydrogen (secondary N) is 1. The molecule has 5 rings (SSSR count). The van der Waals surface area contributed by atoms with E-state index < -0.39 is 42.7 Å². The number of amides is 1. The van der Waals surface area contributed by atoms with E-state index in [1.54, 1.807) is 12.1 Å². The fourth-order valence-electron chi connectivity index (χ4n) is 4.17. The summed E-state index contributed by atoms with van der Waals surface area (Å²) < 4.78 is 24.7. The van der Waals surface area contributed by atoms with Crippen molar-refractivity contribution in [2.24, 2.45) is 5.14 Å². The van der Waals surface area contributed by atoms with E-state index in [9.17, 15) is 38.2 Å². The Morgan fingerprint density at radius 1 is 0.952 bits per heavy atom. The lowest BCUT2D eigenvalue weighted by atomic mass is 10.1. The number of benzene rings is 4. The topological polar surface area (TPSA) is 210 Å². The van der Waals surface area contributed by atoms with Crippen molar-refractivity contribution in [2.45, 2.75) is 10.1 Å². The number of fused-ring (bicyclic) bond motifs is 2. The first-order chi connectivity index (χ1) is 19.9. The van der Waals surface area contributed by atoms with E-state index in [1.807, 2.05) is 24.3 Å². The van der Waals surface area contributed by atoms with Crippen molar-refractivity contribution in [1.82, 2.24) is 9.55 Å². The Balaban J connectivity index is 1.54. The molecule has 1 amide bonds. The second kappa shape index (κ2) is 11.0. The summed E-state index contributed by atoms with van der Waals surface area (Å²) in [5.74, 6) is -1.06. The Hall–Kier alpha value is -5.19. The van der Waals surface area contributed by atoms with Crippen LogP contribution in [0, 0.1) is 20.2 Å². The number of primary sulfonamides is 1. The summed E-state index contributed by atoms with van der Waals surface area (Å²) in [6.07, 6.45) is 0. The van der Waals surface area contributed by atoms with Gasteiger partial charge in [0.2, 0.25) is 15.9 Å². The fraction of sp³-hybridized carbons (Fsp3) is 0.0385. The third-order valence-electron chi connectivity index (χ3n) is 6.12. The minimum atomic E-state index is -4.00. The summed E-state index contributed by atoms with van der Waals surface area (Å²) >= 11 is 0.854. The SMILES string of the molecule is NS(=O)(=O)c1ccc(-n2c(SCC(=O)Nc3ccc([N+](=O)[O-])cc3[N+](=O)[O-])nc3cc4ccccc4cc3c2=O)cc1. The van der Waals surface area contributed by atoms with Crippen molar-refractivity contribution in [3.63, 3.8) is 0 Å². The summed E-state index contributed by atoms with van der Waals surface area (Å²) in [5, 5.41) is 32.0. The molecule has 1 heterocycles. The van der Waals surface area contributed by atoms with E-state index in [2.05, 4.69) is 10.3 Å². The minimum Gasteiger partial charge on any atom is -0.320 e. The predicted octanol–water partition coefficient (Wildman–Crippen LogP) is 3.73. The molecule has 14 nitrogen and oxygen atoms in total. The Bertz CT molecular complexity index is 2100. The number of carbonyl (C=O) groups is 1. The molecule has 16 heteroatoms. The summed E-state index contributed by atoms with van der Waals surface area (Å²) in [4.78, 5) is 51.8. The van der Waals surface area contributed by atoms with Gasteiger partial charge in [-0.05, 0) is 53.2 Å². The highest BCUT2D eigenvalue weighted by atomic mass is 32.2. The molecular formula is C26H18N6O8S2. The van der Waals surface area contributed by atoms with E-state index >= 15 is 0 Å². The molecule has 0 fully saturated rings. The van der Waals surface area contributed by atoms with Crippen molar-refractivity contribution in [3.05, 3.63) is 109 Å². The van der Waals surface area contributed by atoms with Gasteiger partial charge in [0.05, 0.1) is 43.2 Å². The minimum absolute atomic E-state index is 0.0829. The highest BCUT2D eigenvalue weighted by Crippen LogP contribution is 2.30. The van der Waals surface area contributed by atoms with Gasteiger partial charge in [-0.1, -0.05) is 36.0 Å². The lowest BCUT2D eigenvalue weighted by Gasteiger charge is -2.14. The molecule has 3 N–H and O–H groups in total. The number of anilines is 1. The number of hydrogen-bond donors (Lipinski definition) is 2. The molecule has 0 saturated heterocycles. The Morgan fingerprint density at radius 2 is 1.62 bits per heavy atom. The largest absolute Gasteiger partial charge is 0.320 e. The van der Waals surface area contributed by atoms with Gasteiger partial charge in [0.15, 0.2) is 5.16 Å². The first-order valence-electron chi connectivity index (χ1n) is 11.9. The Labute approximate surface area is 240 Å². The molecule has 0 bridgehead atoms. The molecule has 42 heavy (non-hydrogen) atoms. The van der Waals surface area contributed by atoms with Crippen LogP contribution in [0.2, 0.25) is 0 Å². The molecule has 212 valence electrons. The maximum Gasteiger partial charge on any atom is 0.299 e. The zero-order chi connectivity index (χ0) is 30.2. The van der Waals surface area contributed by atoms with Gasteiger partial charge in [0, 0.05) is 6.07 Å². The zero-order valence-corrected chi connectivity index (χ0v) is 22.8. The van der Waals surface area contributed by atoms with Crippen LogP contribution in [0.15, 0.2) is 93.7 Å². The molecular weight excluding hydrogens is 588 g/mol. The van der Waals surface area contributed by atoms with Gasteiger partial charge in [-0.25, -0.2) is 18.5 Å². The molecule has 0 radical (unpaired) electrons. The third kappa shape index (κ3) is 5.67. The zero-order valence-electron chi connectivity index (χ0n) is 21.2. The average molecular weight is 607 g/mol. The van der Waals surface area contributed by atoms with Gasteiger partial charge in [-0.3, -0.25) is 34.4 Å². The van der Waals surface area contributed by atoms with E-state index in [0.29, 0.717) is 5.52 Å². The van der Waals surface area contributed by atoms with Gasteiger partial charge in [-0.15, -0.1) is 0 Å². The molecule has 0 saturated carbocycles. The van der Waals surface area contributed by atoms with E-state index in [-0.39, 0.29) is 32.6 Å². The molecule has 4 aromatic carbocycles. The van der Waals surface area contributed by atoms with Crippen LogP contribution in [0.3, 0.4) is 0 Å². The average Bonchev–Trinajstić information content (AvgIpc) is 2.95. The number of aromatic nitrogens is 2. The number of rotatable bonds is 8. The van der Waals surface area contributed by atoms with Gasteiger partial charge < -0.3 is 5.32 Å². The number of nitro benzene ring substituents is 2. The number of hydrogen-bond acceptors (Lipinski definition) is 10. The van der Waals surface area contributed by atoms with Gasteiger partial charge >= 0.3 is 0 Å². The van der Waals surface area contributed by atoms with Crippen LogP contribution in [0.4, 0.5) is 17.1 Å². The Kier molecular flexibility index (Phi) is 7.42. The van der Waals surface area contributed by atoms with Crippen LogP contribution < -0.4 is 16.0 Å². The van der Waals surface area contributed by atoms with Crippen LogP contribution in [0.25, 0.3) is 27.4 Å². The molecule has 1 aromatic heterocycles. The standard InChI is InChI=1S/C26H18N6O8S2/c27-42(39,40)19-8-5-17(6-9-19)30-25(34)20-11-15-3-1-2-4-16(15)12-22(20)29-26(30)41-14-24(33)28-21-10-7-18(31(35)36)13-23(21)32(37)38/h1-13H,14H2,(H,28,33)(H2,27,39,40). The highest BCUT2D eigenvalue weighted by molar-refractivity contribution is 7.99. The number of nitrogens with zero attached hydrogens (tertiary/aromatic N) is 4. The second-order valence-corrected chi connectivity index (χ2v) is 11.3. The Morgan fingerprint density at radius 3 is 2.24 bits per heavy atom. The molecule has 0 unspecified atom stereocenters. The van der Waals surface area contributed by atoms with E-state index in [1.165, 1.54) is 28.8 Å². The number of non-ortho nitro benzene ring substituents is 1. The van der Waals surface area contributed by atoms with Crippen molar-refractivity contribution in [3.8, 4) is 5.69 Å². The number of carbonyl (C=O) groups excluding carboxylic acids is 1. The molecule has 0 aliphatic carbocycles. The quantitative estimate of drug-likeness (QED) is 0.0859. The lowest BCUT2D eigenvalue weighted by molar-refractivity contribution is -0.393. The van der Waals surface area contributed by atoms with Gasteiger partial charge in [-0.2, -0.15) is 0 Å². The fourth-order valence-corrected chi connectivity index (χ4v) is 5.50. The van der Waals surface area contributed by atoms with Crippen LogP contribution in [0.1, 0.15) is 0 Å². The molecule has 0 aliphatic rings. The highest BCUT2D eigenvalue weighted by Gasteiger charge is 2.22. The molecule has 0 aliphatic heterocycles. The van der Waals surface area contributed by atoms with Crippen molar-refractivity contribution in [1.29, 1.82) is 0 Å². The van der Waals surface area contributed by atoms with E-state index in [4.69, 9.17) is 5.14 Å². The monoisotopic (exact) mass is 606 g/mol. The van der Waals surface area contributed by atoms with Crippen LogP contribution in [0.5, 0.6) is 0 Å². The molecule has 0 spiro atoms. The van der Waals surface area contributed by atoms with Crippen LogP contribution in [-0.2, 0) is 14.8 Å². The summed E-state index contributed by atoms with van der Waals surface area (Å²) in [6.45, 7) is 0. The first-order valence-corrected chi connectivity index (χ1v) is 14.4. The predicted molar refractivity (Wildman–Crippen MR) is 155 cm³/mol. The van der Waals surface area contributed by atoms with Gasteiger partial charge in [0.1, 0.15) is 5.69 Å². The number of nitro groups is 2. The normalized spacial score (nSPS) is 11.5. The summed E-state index contributed by atoms with van der Waals surface area (Å²) in [6, 6.07) is 18.8. The van der Waals surface area contributed by atoms with Crippen molar-refractivity contribution >= 4 is 66.4 Å². The lowest BCUT2D eigenvalue weighted by Crippen LogP contribution is -2.23. The van der Waals surface area contributed by atoms with E-state index in [0.717, 1.165) is 40.7 Å². The van der Waals surface area contributed by atoms with Crippen molar-refractivity contribution < 1.29 is 23.1 Å². The number of thioether (sulfide) groups is 1. The summed E-state index contributed by atoms with van der Waals surface area (Å²) in [7, 11) is -4.00. The number of sulfonamides is 1. The maximum atomic E-state index is 13.8. The second-order valence-electron chi connectivity index (χ2n) is 8.84. The van der Waals surface area contributed by atoms with Crippen molar-refractivity contribution in [2.75, 3.05) is 11.1 Å². The third-order valence-corrected chi connectivity index (χ3v) is 7.99. The smallest absolute Gasteiger partial charge is 0.299 e. The first kappa shape index (κ1) is 28.3. The van der Waals surface area contributed by atoms with Crippen LogP contribution in [-0.4, -0.2) is 39.5 Å².